The van der Waals surface area contributed by atoms with Crippen molar-refractivity contribution in [3.63, 3.8) is 0 Å². The summed E-state index contributed by atoms with van der Waals surface area (Å²) in [7, 11) is 2.80. The fourth-order valence-corrected chi connectivity index (χ4v) is 9.13. The number of hydrogen-bond donors (Lipinski definition) is 4. The molecule has 16 nitrogen and oxygen atoms in total. The van der Waals surface area contributed by atoms with Crippen molar-refractivity contribution in [1.82, 2.24) is 30.6 Å². The van der Waals surface area contributed by atoms with Gasteiger partial charge in [0.1, 0.15) is 23.3 Å². The molecule has 1 aromatic heterocycles. The molecular formula is C43H54F3N11O5. The Labute approximate surface area is 358 Å². The Morgan fingerprint density at radius 3 is 2.40 bits per heavy atom. The van der Waals surface area contributed by atoms with Gasteiger partial charge in [-0.2, -0.15) is 13.8 Å². The number of alkyl halides is 2. The number of aromatic nitrogens is 2. The second-order valence-electron chi connectivity index (χ2n) is 16.9. The number of fused-ring (bicyclic) bond motifs is 1. The third kappa shape index (κ3) is 9.52. The number of nitrogens with one attached hydrogen (secondary N) is 4. The fraction of sp³-hybridized carbons (Fsp3) is 0.535. The summed E-state index contributed by atoms with van der Waals surface area (Å²) in [5.74, 6) is -5.02. The summed E-state index contributed by atoms with van der Waals surface area (Å²) in [5.41, 5.74) is 5.16. The van der Waals surface area contributed by atoms with Crippen molar-refractivity contribution in [2.75, 3.05) is 91.8 Å². The largest absolute Gasteiger partial charge is 0.495 e. The van der Waals surface area contributed by atoms with Gasteiger partial charge in [0.25, 0.3) is 11.8 Å². The smallest absolute Gasteiger partial charge is 0.342 e. The molecule has 3 aromatic rings. The quantitative estimate of drug-likeness (QED) is 0.188. The maximum Gasteiger partial charge on any atom is 0.342 e. The molecule has 5 aliphatic rings. The molecule has 1 atom stereocenters. The average molecular weight is 862 g/mol. The highest BCUT2D eigenvalue weighted by Crippen LogP contribution is 2.40. The Balaban J connectivity index is 0.791. The van der Waals surface area contributed by atoms with Crippen LogP contribution < -0.4 is 40.8 Å². The van der Waals surface area contributed by atoms with Gasteiger partial charge < -0.3 is 30.1 Å². The second kappa shape index (κ2) is 18.3. The number of benzene rings is 2. The summed E-state index contributed by atoms with van der Waals surface area (Å²) in [6, 6.07) is 9.18. The van der Waals surface area contributed by atoms with Crippen molar-refractivity contribution in [2.24, 2.45) is 5.92 Å². The van der Waals surface area contributed by atoms with E-state index in [-0.39, 0.29) is 47.4 Å². The van der Waals surface area contributed by atoms with Crippen molar-refractivity contribution in [1.29, 1.82) is 0 Å². The van der Waals surface area contributed by atoms with E-state index in [0.717, 1.165) is 101 Å². The number of methoxy groups -OCH3 is 1. The SMILES string of the molecule is COc1cc(C(=O)NN2CCC(CCN3CCN(c4ccc(NC5CCC(=O)NC5=O)c(F)c4)CC3)CC2)ccc1Nc1ncc2c(n1)N(C1CCCC1)CC(F)(F)C(=O)N2C. The molecule has 8 rings (SSSR count). The van der Waals surface area contributed by atoms with E-state index in [1.807, 2.05) is 11.1 Å². The van der Waals surface area contributed by atoms with E-state index in [2.05, 4.69) is 41.1 Å². The van der Waals surface area contributed by atoms with Crippen molar-refractivity contribution >= 4 is 58.1 Å². The number of halogens is 3. The van der Waals surface area contributed by atoms with E-state index >= 15 is 13.2 Å². The van der Waals surface area contributed by atoms with Crippen LogP contribution >= 0.6 is 0 Å². The topological polar surface area (TPSA) is 168 Å². The zero-order valence-electron chi connectivity index (χ0n) is 35.1. The van der Waals surface area contributed by atoms with E-state index in [1.54, 1.807) is 29.2 Å². The minimum Gasteiger partial charge on any atom is -0.495 e. The van der Waals surface area contributed by atoms with Crippen LogP contribution in [0.25, 0.3) is 0 Å². The molecule has 5 heterocycles. The van der Waals surface area contributed by atoms with Gasteiger partial charge in [-0.05, 0) is 87.4 Å². The second-order valence-corrected chi connectivity index (χ2v) is 16.9. The first kappa shape index (κ1) is 43.0. The van der Waals surface area contributed by atoms with Crippen molar-refractivity contribution in [3.8, 4) is 5.75 Å². The van der Waals surface area contributed by atoms with Crippen LogP contribution in [0.1, 0.15) is 68.1 Å². The lowest BCUT2D eigenvalue weighted by Gasteiger charge is -2.37. The van der Waals surface area contributed by atoms with E-state index in [9.17, 15) is 19.2 Å². The summed E-state index contributed by atoms with van der Waals surface area (Å²) in [6.45, 7) is 4.94. The van der Waals surface area contributed by atoms with E-state index in [1.165, 1.54) is 26.4 Å². The molecule has 0 bridgehead atoms. The number of rotatable bonds is 12. The molecule has 3 saturated heterocycles. The van der Waals surface area contributed by atoms with Crippen LogP contribution in [-0.4, -0.2) is 128 Å². The monoisotopic (exact) mass is 861 g/mol. The first-order chi connectivity index (χ1) is 29.8. The number of piperazine rings is 1. The van der Waals surface area contributed by atoms with Crippen LogP contribution in [0.4, 0.5) is 47.7 Å². The van der Waals surface area contributed by atoms with Crippen LogP contribution in [0.15, 0.2) is 42.6 Å². The predicted octanol–water partition coefficient (Wildman–Crippen LogP) is 4.51. The van der Waals surface area contributed by atoms with Gasteiger partial charge in [0, 0.05) is 70.0 Å². The minimum atomic E-state index is -3.58. The van der Waals surface area contributed by atoms with Crippen LogP contribution in [0.2, 0.25) is 0 Å². The highest BCUT2D eigenvalue weighted by atomic mass is 19.3. The molecular weight excluding hydrogens is 808 g/mol. The van der Waals surface area contributed by atoms with Gasteiger partial charge in [0.15, 0.2) is 5.82 Å². The number of hydrogen-bond acceptors (Lipinski definition) is 13. The third-order valence-electron chi connectivity index (χ3n) is 12.8. The van der Waals surface area contributed by atoms with Gasteiger partial charge in [-0.3, -0.25) is 34.8 Å². The zero-order chi connectivity index (χ0) is 43.5. The van der Waals surface area contributed by atoms with Gasteiger partial charge >= 0.3 is 5.92 Å². The molecule has 1 saturated carbocycles. The van der Waals surface area contributed by atoms with Crippen molar-refractivity contribution < 1.29 is 37.1 Å². The number of nitrogens with zero attached hydrogens (tertiary/aromatic N) is 7. The molecule has 0 radical (unpaired) electrons. The molecule has 332 valence electrons. The van der Waals surface area contributed by atoms with Crippen molar-refractivity contribution in [3.05, 3.63) is 54.0 Å². The molecule has 1 unspecified atom stereocenters. The Kier molecular flexibility index (Phi) is 12.7. The van der Waals surface area contributed by atoms with Crippen LogP contribution in [0, 0.1) is 11.7 Å². The summed E-state index contributed by atoms with van der Waals surface area (Å²) in [6.07, 6.45) is 8.18. The lowest BCUT2D eigenvalue weighted by molar-refractivity contribution is -0.140. The molecule has 62 heavy (non-hydrogen) atoms. The number of amides is 4. The van der Waals surface area contributed by atoms with E-state index < -0.39 is 36.1 Å². The number of carbonyl (C=O) groups is 4. The molecule has 0 spiro atoms. The lowest BCUT2D eigenvalue weighted by atomic mass is 9.94. The summed E-state index contributed by atoms with van der Waals surface area (Å²) in [4.78, 5) is 65.7. The van der Waals surface area contributed by atoms with Gasteiger partial charge in [-0.15, -0.1) is 0 Å². The molecule has 4 fully saturated rings. The number of imide groups is 1. The Morgan fingerprint density at radius 2 is 1.69 bits per heavy atom. The number of ether oxygens (including phenoxy) is 1. The van der Waals surface area contributed by atoms with E-state index in [0.29, 0.717) is 29.3 Å². The number of hydrazine groups is 1. The highest BCUT2D eigenvalue weighted by molar-refractivity contribution is 6.02. The van der Waals surface area contributed by atoms with Crippen LogP contribution in [0.3, 0.4) is 0 Å². The summed E-state index contributed by atoms with van der Waals surface area (Å²) >= 11 is 0. The molecule has 4 amide bonds. The maximum absolute atomic E-state index is 15.0. The lowest BCUT2D eigenvalue weighted by Crippen LogP contribution is -2.48. The standard InChI is InChI=1S/C43H54F3N11O5/c1-53-35-25-47-42(51-38(35)57(29-5-3-4-6-29)26-43(45,46)41(53)61)49-33-9-7-28(23-36(33)62-2)39(59)52-56-17-14-27(15-18-56)13-16-54-19-21-55(22-20-54)30-8-10-32(31(44)24-30)48-34-11-12-37(58)50-40(34)60/h7-10,23-25,27,29,34,48H,3-6,11-22,26H2,1-2H3,(H,52,59)(H,47,49,51)(H,50,58,60). The van der Waals surface area contributed by atoms with Gasteiger partial charge in [-0.25, -0.2) is 14.4 Å². The van der Waals surface area contributed by atoms with Crippen LogP contribution in [0.5, 0.6) is 5.75 Å². The normalized spacial score (nSPS) is 21.7. The Bertz CT molecular complexity index is 2160. The molecule has 19 heteroatoms. The highest BCUT2D eigenvalue weighted by Gasteiger charge is 2.49. The first-order valence-electron chi connectivity index (χ1n) is 21.5. The number of carbonyl (C=O) groups excluding carboxylic acids is 4. The van der Waals surface area contributed by atoms with Crippen molar-refractivity contribution in [2.45, 2.75) is 75.8 Å². The number of piperidine rings is 2. The average Bonchev–Trinajstić information content (AvgIpc) is 3.80. The molecule has 4 aliphatic heterocycles. The summed E-state index contributed by atoms with van der Waals surface area (Å²) < 4.78 is 50.7. The molecule has 4 N–H and O–H groups in total. The fourth-order valence-electron chi connectivity index (χ4n) is 9.13. The summed E-state index contributed by atoms with van der Waals surface area (Å²) in [5, 5.41) is 10.3. The first-order valence-corrected chi connectivity index (χ1v) is 21.5. The Hall–Kier alpha value is -5.69. The minimum absolute atomic E-state index is 0.139. The zero-order valence-corrected chi connectivity index (χ0v) is 35.1. The van der Waals surface area contributed by atoms with Crippen LogP contribution in [-0.2, 0) is 14.4 Å². The predicted molar refractivity (Wildman–Crippen MR) is 227 cm³/mol. The van der Waals surface area contributed by atoms with Gasteiger partial charge in [0.2, 0.25) is 17.8 Å². The van der Waals surface area contributed by atoms with E-state index in [4.69, 9.17) is 4.74 Å². The van der Waals surface area contributed by atoms with Gasteiger partial charge in [0.05, 0.1) is 31.2 Å². The molecule has 1 aliphatic carbocycles. The van der Waals surface area contributed by atoms with Gasteiger partial charge in [-0.1, -0.05) is 12.8 Å². The Morgan fingerprint density at radius 1 is 0.952 bits per heavy atom. The molecule has 2 aromatic carbocycles. The third-order valence-corrected chi connectivity index (χ3v) is 12.8. The maximum atomic E-state index is 15.0. The number of anilines is 6.